The highest BCUT2D eigenvalue weighted by atomic mass is 32.2. The van der Waals surface area contributed by atoms with Gasteiger partial charge in [-0.15, -0.1) is 0 Å². The molecule has 2 atom stereocenters. The van der Waals surface area contributed by atoms with Gasteiger partial charge in [0.15, 0.2) is 0 Å². The van der Waals surface area contributed by atoms with Gasteiger partial charge in [0.2, 0.25) is 10.0 Å². The molecule has 10 heteroatoms. The quantitative estimate of drug-likeness (QED) is 0.649. The van der Waals surface area contributed by atoms with Gasteiger partial charge >= 0.3 is 0 Å². The Bertz CT molecular complexity index is 1140. The highest BCUT2D eigenvalue weighted by Crippen LogP contribution is 2.26. The maximum atomic E-state index is 14.7. The first kappa shape index (κ1) is 22.4. The molecule has 2 fully saturated rings. The number of hydrogen-bond donors (Lipinski definition) is 2. The van der Waals surface area contributed by atoms with Crippen molar-refractivity contribution in [2.45, 2.75) is 29.9 Å². The van der Waals surface area contributed by atoms with Gasteiger partial charge in [-0.2, -0.15) is 9.57 Å². The van der Waals surface area contributed by atoms with Crippen LogP contribution in [0.5, 0.6) is 0 Å². The molecular weight excluding hydrogens is 435 g/mol. The third kappa shape index (κ3) is 4.66. The summed E-state index contributed by atoms with van der Waals surface area (Å²) in [5.74, 6) is -0.917. The number of nitrogens with one attached hydrogen (secondary N) is 2. The molecule has 2 aromatic carbocycles. The van der Waals surface area contributed by atoms with Crippen LogP contribution in [0.4, 0.5) is 4.39 Å². The van der Waals surface area contributed by atoms with Gasteiger partial charge in [-0.1, -0.05) is 24.3 Å². The molecule has 2 saturated heterocycles. The van der Waals surface area contributed by atoms with Crippen molar-refractivity contribution in [1.29, 1.82) is 5.26 Å². The number of rotatable bonds is 7. The second-order valence-corrected chi connectivity index (χ2v) is 9.67. The van der Waals surface area contributed by atoms with Crippen molar-refractivity contribution in [2.75, 3.05) is 26.4 Å². The summed E-state index contributed by atoms with van der Waals surface area (Å²) in [4.78, 5) is 12.3. The second kappa shape index (κ2) is 9.34. The number of nitriles is 1. The third-order valence-electron chi connectivity index (χ3n) is 5.60. The van der Waals surface area contributed by atoms with Gasteiger partial charge in [0.1, 0.15) is 18.0 Å². The fourth-order valence-electron chi connectivity index (χ4n) is 3.58. The molecule has 2 heterocycles. The summed E-state index contributed by atoms with van der Waals surface area (Å²) in [6, 6.07) is 12.1. The van der Waals surface area contributed by atoms with E-state index in [1.807, 2.05) is 6.07 Å². The van der Waals surface area contributed by atoms with E-state index in [1.165, 1.54) is 22.5 Å². The first-order valence-corrected chi connectivity index (χ1v) is 11.7. The van der Waals surface area contributed by atoms with Crippen molar-refractivity contribution >= 4 is 15.9 Å². The Morgan fingerprint density at radius 2 is 1.97 bits per heavy atom. The van der Waals surface area contributed by atoms with E-state index in [0.717, 1.165) is 6.42 Å². The molecule has 0 spiro atoms. The molecule has 0 saturated carbocycles. The summed E-state index contributed by atoms with van der Waals surface area (Å²) < 4.78 is 46.3. The number of carbonyl (C=O) groups excluding carboxylic acids is 1. The van der Waals surface area contributed by atoms with Crippen LogP contribution in [0.15, 0.2) is 47.4 Å². The van der Waals surface area contributed by atoms with Crippen molar-refractivity contribution in [3.8, 4) is 17.2 Å². The lowest BCUT2D eigenvalue weighted by Crippen LogP contribution is -2.43. The molecule has 2 aliphatic heterocycles. The smallest absolute Gasteiger partial charge is 0.251 e. The van der Waals surface area contributed by atoms with Crippen LogP contribution < -0.4 is 10.6 Å². The zero-order chi connectivity index (χ0) is 22.7. The molecule has 8 nitrogen and oxygen atoms in total. The van der Waals surface area contributed by atoms with Crippen LogP contribution >= 0.6 is 0 Å². The molecule has 2 aromatic rings. The predicted molar refractivity (Wildman–Crippen MR) is 114 cm³/mol. The Balaban J connectivity index is 1.44. The Kier molecular flexibility index (Phi) is 6.53. The van der Waals surface area contributed by atoms with E-state index < -0.39 is 33.9 Å². The van der Waals surface area contributed by atoms with E-state index >= 15 is 0 Å². The molecule has 4 rings (SSSR count). The van der Waals surface area contributed by atoms with Gasteiger partial charge in [-0.05, 0) is 41.3 Å². The zero-order valence-electron chi connectivity index (χ0n) is 17.3. The van der Waals surface area contributed by atoms with E-state index in [9.17, 15) is 22.9 Å². The number of nitrogens with zero attached hydrogens (tertiary/aromatic N) is 2. The minimum absolute atomic E-state index is 0.0154. The summed E-state index contributed by atoms with van der Waals surface area (Å²) in [6.45, 7) is 1.71. The molecule has 0 radical (unpaired) electrons. The number of sulfonamides is 1. The average Bonchev–Trinajstić information content (AvgIpc) is 3.28. The molecule has 0 aliphatic carbocycles. The first-order chi connectivity index (χ1) is 15.4. The van der Waals surface area contributed by atoms with Crippen LogP contribution in [0.3, 0.4) is 0 Å². The molecule has 2 N–H and O–H groups in total. The Hall–Kier alpha value is -2.84. The molecule has 32 heavy (non-hydrogen) atoms. The number of carbonyl (C=O) groups is 1. The van der Waals surface area contributed by atoms with Gasteiger partial charge in [-0.25, -0.2) is 12.8 Å². The first-order valence-electron chi connectivity index (χ1n) is 10.3. The van der Waals surface area contributed by atoms with Crippen LogP contribution in [0.2, 0.25) is 0 Å². The molecular formula is C22H23FN4O4S. The summed E-state index contributed by atoms with van der Waals surface area (Å²) in [7, 11) is -3.47. The lowest BCUT2D eigenvalue weighted by Gasteiger charge is -2.29. The molecule has 2 aliphatic rings. The maximum absolute atomic E-state index is 14.7. The van der Waals surface area contributed by atoms with E-state index in [0.29, 0.717) is 36.3 Å². The van der Waals surface area contributed by atoms with E-state index in [4.69, 9.17) is 4.74 Å². The predicted octanol–water partition coefficient (Wildman–Crippen LogP) is 1.38. The Morgan fingerprint density at radius 1 is 1.25 bits per heavy atom. The lowest BCUT2D eigenvalue weighted by atomic mass is 10.00. The van der Waals surface area contributed by atoms with Crippen LogP contribution in [0.1, 0.15) is 12.0 Å². The molecule has 168 valence electrons. The Labute approximate surface area is 186 Å². The van der Waals surface area contributed by atoms with Crippen molar-refractivity contribution in [1.82, 2.24) is 14.9 Å². The number of ether oxygens (including phenoxy) is 1. The SMILES string of the molecule is N#C[C@H](Cc1ccc(-c2ccc(S(=O)(=O)N3CCC3)cc2)cc1F)NC(=O)[C@@H]1CNCO1. The summed E-state index contributed by atoms with van der Waals surface area (Å²) in [5, 5.41) is 14.8. The van der Waals surface area contributed by atoms with E-state index in [-0.39, 0.29) is 18.0 Å². The molecule has 0 aromatic heterocycles. The zero-order valence-corrected chi connectivity index (χ0v) is 18.1. The van der Waals surface area contributed by atoms with Crippen molar-refractivity contribution in [3.63, 3.8) is 0 Å². The fraction of sp³-hybridized carbons (Fsp3) is 0.364. The summed E-state index contributed by atoms with van der Waals surface area (Å²) in [5.41, 5.74) is 1.55. The number of amides is 1. The van der Waals surface area contributed by atoms with E-state index in [1.54, 1.807) is 24.3 Å². The topological polar surface area (TPSA) is 112 Å². The Morgan fingerprint density at radius 3 is 2.53 bits per heavy atom. The van der Waals surface area contributed by atoms with Crippen molar-refractivity contribution in [3.05, 3.63) is 53.8 Å². The number of halogens is 1. The van der Waals surface area contributed by atoms with Gasteiger partial charge in [0.05, 0.1) is 17.7 Å². The van der Waals surface area contributed by atoms with Crippen molar-refractivity contribution < 1.29 is 22.3 Å². The molecule has 0 unspecified atom stereocenters. The van der Waals surface area contributed by atoms with E-state index in [2.05, 4.69) is 10.6 Å². The van der Waals surface area contributed by atoms with Crippen molar-refractivity contribution in [2.24, 2.45) is 0 Å². The number of hydrogen-bond acceptors (Lipinski definition) is 6. The van der Waals surface area contributed by atoms with Crippen LogP contribution in [0.25, 0.3) is 11.1 Å². The summed E-state index contributed by atoms with van der Waals surface area (Å²) >= 11 is 0. The second-order valence-electron chi connectivity index (χ2n) is 7.74. The standard InChI is InChI=1S/C22H23FN4O4S/c23-20-11-16(15-4-6-19(7-5-15)32(29,30)27-8-1-9-27)2-3-17(20)10-18(12-24)26-22(28)21-13-25-14-31-21/h2-7,11,18,21,25H,1,8-10,13-14H2,(H,26,28)/t18-,21-/m0/s1. The highest BCUT2D eigenvalue weighted by Gasteiger charge is 2.29. The highest BCUT2D eigenvalue weighted by molar-refractivity contribution is 7.89. The van der Waals surface area contributed by atoms with Gasteiger partial charge in [-0.3, -0.25) is 10.1 Å². The minimum atomic E-state index is -3.47. The van der Waals surface area contributed by atoms with Crippen LogP contribution in [0, 0.1) is 17.1 Å². The fourth-order valence-corrected chi connectivity index (χ4v) is 5.10. The van der Waals surface area contributed by atoms with Crippen LogP contribution in [-0.4, -0.2) is 57.1 Å². The largest absolute Gasteiger partial charge is 0.352 e. The van der Waals surface area contributed by atoms with Gasteiger partial charge in [0.25, 0.3) is 5.91 Å². The normalized spacial score (nSPS) is 19.7. The minimum Gasteiger partial charge on any atom is -0.352 e. The van der Waals surface area contributed by atoms with Crippen LogP contribution in [-0.2, 0) is 26.0 Å². The summed E-state index contributed by atoms with van der Waals surface area (Å²) in [6.07, 6.45) is 0.220. The lowest BCUT2D eigenvalue weighted by molar-refractivity contribution is -0.129. The molecule has 1 amide bonds. The average molecular weight is 459 g/mol. The third-order valence-corrected chi connectivity index (χ3v) is 7.51. The number of benzene rings is 2. The van der Waals surface area contributed by atoms with Gasteiger partial charge < -0.3 is 10.1 Å². The van der Waals surface area contributed by atoms with Gasteiger partial charge in [0, 0.05) is 26.1 Å². The molecule has 0 bridgehead atoms. The maximum Gasteiger partial charge on any atom is 0.251 e. The monoisotopic (exact) mass is 458 g/mol.